The summed E-state index contributed by atoms with van der Waals surface area (Å²) in [6.07, 6.45) is 1.69. The number of hydrogen-bond donors (Lipinski definition) is 2. The van der Waals surface area contributed by atoms with Crippen molar-refractivity contribution in [1.29, 1.82) is 0 Å². The summed E-state index contributed by atoms with van der Waals surface area (Å²) in [5, 5.41) is 6.40. The van der Waals surface area contributed by atoms with Gasteiger partial charge in [0.15, 0.2) is 5.13 Å². The van der Waals surface area contributed by atoms with Crippen LogP contribution in [0.5, 0.6) is 0 Å². The Bertz CT molecular complexity index is 1100. The molecule has 0 bridgehead atoms. The van der Waals surface area contributed by atoms with Crippen LogP contribution in [0.25, 0.3) is 20.8 Å². The third kappa shape index (κ3) is 3.29. The zero-order valence-corrected chi connectivity index (χ0v) is 15.7. The van der Waals surface area contributed by atoms with E-state index in [9.17, 15) is 4.79 Å². The average Bonchev–Trinajstić information content (AvgIpc) is 3.28. The summed E-state index contributed by atoms with van der Waals surface area (Å²) >= 11 is 2.86. The van der Waals surface area contributed by atoms with Crippen LogP contribution in [0.15, 0.2) is 42.6 Å². The predicted octanol–water partition coefficient (Wildman–Crippen LogP) is 4.42. The molecule has 3 aromatic heterocycles. The van der Waals surface area contributed by atoms with E-state index >= 15 is 0 Å². The topological polar surface area (TPSA) is 79.8 Å². The molecule has 0 unspecified atom stereocenters. The Hall–Kier alpha value is -2.84. The van der Waals surface area contributed by atoms with Gasteiger partial charge < -0.3 is 5.32 Å². The van der Waals surface area contributed by atoms with Gasteiger partial charge in [-0.15, -0.1) is 11.3 Å². The van der Waals surface area contributed by atoms with E-state index in [0.717, 1.165) is 26.4 Å². The maximum atomic E-state index is 12.5. The maximum Gasteiger partial charge on any atom is 0.267 e. The molecule has 0 spiro atoms. The first-order valence-corrected chi connectivity index (χ1v) is 9.55. The van der Waals surface area contributed by atoms with Crippen LogP contribution in [-0.2, 0) is 0 Å². The molecular weight excluding hydrogens is 366 g/mol. The minimum absolute atomic E-state index is 0.167. The normalized spacial score (nSPS) is 10.8. The van der Waals surface area contributed by atoms with Crippen LogP contribution in [0.4, 0.5) is 11.1 Å². The lowest BCUT2D eigenvalue weighted by Crippen LogP contribution is -2.09. The van der Waals surface area contributed by atoms with Crippen molar-refractivity contribution in [3.8, 4) is 10.6 Å². The fraction of sp³-hybridized carbons (Fsp3) is 0.111. The lowest BCUT2D eigenvalue weighted by atomic mass is 10.2. The smallest absolute Gasteiger partial charge is 0.267 e. The van der Waals surface area contributed by atoms with E-state index in [1.54, 1.807) is 19.3 Å². The molecule has 4 aromatic rings. The van der Waals surface area contributed by atoms with Crippen molar-refractivity contribution >= 4 is 49.9 Å². The number of fused-ring (bicyclic) bond motifs is 1. The molecule has 0 aliphatic carbocycles. The second kappa shape index (κ2) is 6.81. The van der Waals surface area contributed by atoms with Crippen molar-refractivity contribution in [2.75, 3.05) is 17.7 Å². The Morgan fingerprint density at radius 1 is 1.08 bits per heavy atom. The molecule has 2 N–H and O–H groups in total. The van der Waals surface area contributed by atoms with E-state index < -0.39 is 0 Å². The van der Waals surface area contributed by atoms with Crippen molar-refractivity contribution < 1.29 is 4.79 Å². The molecule has 4 rings (SSSR count). The molecule has 130 valence electrons. The van der Waals surface area contributed by atoms with Gasteiger partial charge in [-0.1, -0.05) is 17.4 Å². The second-order valence-electron chi connectivity index (χ2n) is 5.62. The SMILES string of the molecule is CNc1nccc(-c2ccc(C(=O)Nc3nc4cc(C)ccc4s3)s2)n1. The number of nitrogens with zero attached hydrogens (tertiary/aromatic N) is 3. The Labute approximate surface area is 158 Å². The van der Waals surface area contributed by atoms with Crippen molar-refractivity contribution in [3.63, 3.8) is 0 Å². The molecule has 1 amide bonds. The van der Waals surface area contributed by atoms with Crippen LogP contribution in [0.2, 0.25) is 0 Å². The maximum absolute atomic E-state index is 12.5. The molecule has 26 heavy (non-hydrogen) atoms. The van der Waals surface area contributed by atoms with Gasteiger partial charge >= 0.3 is 0 Å². The number of rotatable bonds is 4. The summed E-state index contributed by atoms with van der Waals surface area (Å²) in [5.74, 6) is 0.381. The standard InChI is InChI=1S/C18H15N5OS2/c1-10-3-4-14-12(9-10)22-18(26-14)23-16(24)15-6-5-13(25-15)11-7-8-20-17(19-2)21-11/h3-9H,1-2H3,(H,19,20,21)(H,22,23,24). The van der Waals surface area contributed by atoms with Crippen molar-refractivity contribution in [1.82, 2.24) is 15.0 Å². The predicted molar refractivity (Wildman–Crippen MR) is 107 cm³/mol. The van der Waals surface area contributed by atoms with E-state index in [-0.39, 0.29) is 5.91 Å². The molecule has 0 saturated carbocycles. The fourth-order valence-corrected chi connectivity index (χ4v) is 4.18. The van der Waals surface area contributed by atoms with Crippen LogP contribution in [0.1, 0.15) is 15.2 Å². The molecule has 3 heterocycles. The van der Waals surface area contributed by atoms with E-state index in [0.29, 0.717) is 16.0 Å². The van der Waals surface area contributed by atoms with Gasteiger partial charge in [0.1, 0.15) is 0 Å². The number of aryl methyl sites for hydroxylation is 1. The number of thiophene rings is 1. The number of amides is 1. The first kappa shape index (κ1) is 16.6. The van der Waals surface area contributed by atoms with Gasteiger partial charge in [0.05, 0.1) is 25.7 Å². The molecular formula is C18H15N5OS2. The minimum atomic E-state index is -0.167. The number of hydrogen-bond acceptors (Lipinski definition) is 7. The Morgan fingerprint density at radius 3 is 2.81 bits per heavy atom. The third-order valence-electron chi connectivity index (χ3n) is 3.72. The number of aromatic nitrogens is 3. The van der Waals surface area contributed by atoms with Gasteiger partial charge in [-0.2, -0.15) is 0 Å². The summed E-state index contributed by atoms with van der Waals surface area (Å²) in [6, 6.07) is 11.6. The first-order chi connectivity index (χ1) is 12.6. The molecule has 0 aliphatic heterocycles. The summed E-state index contributed by atoms with van der Waals surface area (Å²) in [6.45, 7) is 2.02. The molecule has 1 aromatic carbocycles. The number of benzene rings is 1. The summed E-state index contributed by atoms with van der Waals surface area (Å²) < 4.78 is 1.05. The molecule has 0 aliphatic rings. The summed E-state index contributed by atoms with van der Waals surface area (Å²) in [7, 11) is 1.77. The fourth-order valence-electron chi connectivity index (χ4n) is 2.46. The quantitative estimate of drug-likeness (QED) is 0.547. The highest BCUT2D eigenvalue weighted by molar-refractivity contribution is 7.22. The van der Waals surface area contributed by atoms with Crippen LogP contribution in [-0.4, -0.2) is 27.9 Å². The van der Waals surface area contributed by atoms with E-state index in [1.165, 1.54) is 22.7 Å². The van der Waals surface area contributed by atoms with E-state index in [4.69, 9.17) is 0 Å². The number of nitrogens with one attached hydrogen (secondary N) is 2. The second-order valence-corrected chi connectivity index (χ2v) is 7.74. The number of anilines is 2. The van der Waals surface area contributed by atoms with E-state index in [1.807, 2.05) is 37.3 Å². The van der Waals surface area contributed by atoms with Crippen LogP contribution in [0.3, 0.4) is 0 Å². The van der Waals surface area contributed by atoms with Gasteiger partial charge in [0, 0.05) is 13.2 Å². The highest BCUT2D eigenvalue weighted by Crippen LogP contribution is 2.30. The minimum Gasteiger partial charge on any atom is -0.357 e. The van der Waals surface area contributed by atoms with Crippen LogP contribution in [0, 0.1) is 6.92 Å². The van der Waals surface area contributed by atoms with Gasteiger partial charge in [-0.05, 0) is 42.8 Å². The Balaban J connectivity index is 1.55. The number of carbonyl (C=O) groups is 1. The van der Waals surface area contributed by atoms with Gasteiger partial charge in [0.25, 0.3) is 5.91 Å². The highest BCUT2D eigenvalue weighted by atomic mass is 32.1. The van der Waals surface area contributed by atoms with Gasteiger partial charge in [-0.3, -0.25) is 10.1 Å². The van der Waals surface area contributed by atoms with Gasteiger partial charge in [0.2, 0.25) is 5.95 Å². The third-order valence-corrected chi connectivity index (χ3v) is 5.78. The monoisotopic (exact) mass is 381 g/mol. The zero-order valence-electron chi connectivity index (χ0n) is 14.1. The lowest BCUT2D eigenvalue weighted by molar-refractivity contribution is 0.103. The molecule has 0 fully saturated rings. The van der Waals surface area contributed by atoms with Crippen LogP contribution < -0.4 is 10.6 Å². The molecule has 0 atom stereocenters. The molecule has 0 radical (unpaired) electrons. The molecule has 8 heteroatoms. The Kier molecular flexibility index (Phi) is 4.36. The number of carbonyl (C=O) groups excluding carboxylic acids is 1. The zero-order chi connectivity index (χ0) is 18.1. The van der Waals surface area contributed by atoms with Crippen molar-refractivity contribution in [2.45, 2.75) is 6.92 Å². The van der Waals surface area contributed by atoms with Crippen molar-refractivity contribution in [2.24, 2.45) is 0 Å². The average molecular weight is 381 g/mol. The summed E-state index contributed by atoms with van der Waals surface area (Å²) in [4.78, 5) is 27.1. The Morgan fingerprint density at radius 2 is 1.96 bits per heavy atom. The van der Waals surface area contributed by atoms with Crippen LogP contribution >= 0.6 is 22.7 Å². The molecule has 0 saturated heterocycles. The molecule has 6 nitrogen and oxygen atoms in total. The first-order valence-electron chi connectivity index (χ1n) is 7.92. The number of thiazole rings is 1. The van der Waals surface area contributed by atoms with Gasteiger partial charge in [-0.25, -0.2) is 15.0 Å². The largest absolute Gasteiger partial charge is 0.357 e. The highest BCUT2D eigenvalue weighted by Gasteiger charge is 2.14. The van der Waals surface area contributed by atoms with Crippen molar-refractivity contribution in [3.05, 3.63) is 53.0 Å². The lowest BCUT2D eigenvalue weighted by Gasteiger charge is -2.00. The van der Waals surface area contributed by atoms with E-state index in [2.05, 4.69) is 25.6 Å². The summed E-state index contributed by atoms with van der Waals surface area (Å²) in [5.41, 5.74) is 2.83.